The maximum atomic E-state index is 12.2. The van der Waals surface area contributed by atoms with Gasteiger partial charge in [-0.3, -0.25) is 14.4 Å². The van der Waals surface area contributed by atoms with E-state index >= 15 is 0 Å². The van der Waals surface area contributed by atoms with Crippen molar-refractivity contribution in [3.63, 3.8) is 0 Å². The Morgan fingerprint density at radius 2 is 1.62 bits per heavy atom. The summed E-state index contributed by atoms with van der Waals surface area (Å²) in [6.07, 6.45) is -1.86. The van der Waals surface area contributed by atoms with E-state index in [4.69, 9.17) is 26.8 Å². The molecule has 1 aliphatic heterocycles. The Bertz CT molecular complexity index is 940. The zero-order chi connectivity index (χ0) is 21.2. The number of fused-ring (bicyclic) bond motifs is 1. The molecular weight excluding hydrogens is 412 g/mol. The van der Waals surface area contributed by atoms with Crippen LogP contribution in [0, 0.1) is 0 Å². The van der Waals surface area contributed by atoms with Crippen molar-refractivity contribution in [2.75, 3.05) is 5.75 Å². The van der Waals surface area contributed by atoms with Gasteiger partial charge in [0.2, 0.25) is 0 Å². The van der Waals surface area contributed by atoms with Gasteiger partial charge in [-0.2, -0.15) is 12.6 Å². The standard InChI is InChI=1S/C21H22O6S2/c1-12(22)25-18-11-29-20(28)21(27-14(3)24,19(18)26-13(2)23)17-10-6-8-15-7-4-5-9-16(15)17/h4-10,18-20,28H,11H2,1-3H3/t18-,19+,20-,21-/m1/s1. The number of carbonyl (C=O) groups excluding carboxylic acids is 3. The van der Waals surface area contributed by atoms with Crippen molar-refractivity contribution in [1.29, 1.82) is 0 Å². The summed E-state index contributed by atoms with van der Waals surface area (Å²) in [5.41, 5.74) is -0.814. The Hall–Kier alpha value is -2.19. The fourth-order valence-corrected chi connectivity index (χ4v) is 5.49. The number of carbonyl (C=O) groups is 3. The molecule has 1 saturated heterocycles. The van der Waals surface area contributed by atoms with Gasteiger partial charge in [0.25, 0.3) is 0 Å². The van der Waals surface area contributed by atoms with Crippen LogP contribution in [0.1, 0.15) is 26.3 Å². The first-order valence-electron chi connectivity index (χ1n) is 9.07. The number of hydrogen-bond donors (Lipinski definition) is 1. The van der Waals surface area contributed by atoms with Crippen molar-refractivity contribution in [3.05, 3.63) is 48.0 Å². The molecule has 0 N–H and O–H groups in total. The van der Waals surface area contributed by atoms with Crippen LogP contribution in [0.25, 0.3) is 10.8 Å². The molecule has 0 saturated carbocycles. The van der Waals surface area contributed by atoms with Gasteiger partial charge in [-0.25, -0.2) is 0 Å². The van der Waals surface area contributed by atoms with Crippen molar-refractivity contribution >= 4 is 53.1 Å². The maximum absolute atomic E-state index is 12.2. The van der Waals surface area contributed by atoms with E-state index in [1.807, 2.05) is 42.5 Å². The zero-order valence-electron chi connectivity index (χ0n) is 16.3. The van der Waals surface area contributed by atoms with Crippen molar-refractivity contribution in [1.82, 2.24) is 0 Å². The SMILES string of the molecule is CC(=O)O[C@@H]1CS[C@@H](S)[C@@](OC(C)=O)(c2cccc3ccccc23)[C@H]1OC(C)=O. The molecule has 154 valence electrons. The molecule has 6 nitrogen and oxygen atoms in total. The summed E-state index contributed by atoms with van der Waals surface area (Å²) in [6.45, 7) is 3.84. The molecule has 2 aromatic carbocycles. The van der Waals surface area contributed by atoms with Crippen LogP contribution in [0.15, 0.2) is 42.5 Å². The number of thiol groups is 1. The average Bonchev–Trinajstić information content (AvgIpc) is 2.65. The van der Waals surface area contributed by atoms with E-state index in [-0.39, 0.29) is 0 Å². The van der Waals surface area contributed by atoms with Crippen LogP contribution in [0.4, 0.5) is 0 Å². The minimum Gasteiger partial charge on any atom is -0.458 e. The van der Waals surface area contributed by atoms with E-state index in [0.29, 0.717) is 11.3 Å². The molecular formula is C21H22O6S2. The molecule has 0 spiro atoms. The maximum Gasteiger partial charge on any atom is 0.303 e. The van der Waals surface area contributed by atoms with E-state index in [2.05, 4.69) is 0 Å². The predicted octanol–water partition coefficient (Wildman–Crippen LogP) is 3.46. The second-order valence-electron chi connectivity index (χ2n) is 6.78. The number of thioether (sulfide) groups is 1. The molecule has 1 fully saturated rings. The average molecular weight is 435 g/mol. The Morgan fingerprint density at radius 3 is 2.28 bits per heavy atom. The van der Waals surface area contributed by atoms with E-state index in [1.54, 1.807) is 0 Å². The Morgan fingerprint density at radius 1 is 0.966 bits per heavy atom. The first kappa shape index (κ1) is 21.5. The lowest BCUT2D eigenvalue weighted by atomic mass is 9.83. The molecule has 1 aliphatic rings. The van der Waals surface area contributed by atoms with Gasteiger partial charge in [0.1, 0.15) is 0 Å². The molecule has 1 heterocycles. The Balaban J connectivity index is 2.29. The third-order valence-electron chi connectivity index (χ3n) is 4.68. The summed E-state index contributed by atoms with van der Waals surface area (Å²) in [6, 6.07) is 13.2. The second kappa shape index (κ2) is 8.67. The lowest BCUT2D eigenvalue weighted by molar-refractivity contribution is -0.202. The van der Waals surface area contributed by atoms with Crippen molar-refractivity contribution < 1.29 is 28.6 Å². The van der Waals surface area contributed by atoms with E-state index in [9.17, 15) is 14.4 Å². The lowest BCUT2D eigenvalue weighted by Crippen LogP contribution is -2.60. The van der Waals surface area contributed by atoms with E-state index in [1.165, 1.54) is 32.5 Å². The molecule has 29 heavy (non-hydrogen) atoms. The third kappa shape index (κ3) is 4.23. The number of esters is 3. The monoisotopic (exact) mass is 434 g/mol. The highest BCUT2D eigenvalue weighted by molar-refractivity contribution is 8.10. The van der Waals surface area contributed by atoms with Crippen LogP contribution in [-0.4, -0.2) is 40.5 Å². The zero-order valence-corrected chi connectivity index (χ0v) is 18.0. The first-order chi connectivity index (χ1) is 13.8. The molecule has 0 aliphatic carbocycles. The van der Waals surface area contributed by atoms with Crippen LogP contribution in [0.2, 0.25) is 0 Å². The molecule has 4 atom stereocenters. The van der Waals surface area contributed by atoms with Crippen molar-refractivity contribution in [2.24, 2.45) is 0 Å². The Labute approximate surface area is 178 Å². The minimum atomic E-state index is -1.45. The molecule has 8 heteroatoms. The highest BCUT2D eigenvalue weighted by Crippen LogP contribution is 2.50. The number of rotatable bonds is 4. The molecule has 3 rings (SSSR count). The molecule has 0 radical (unpaired) electrons. The highest BCUT2D eigenvalue weighted by Gasteiger charge is 2.59. The van der Waals surface area contributed by atoms with Gasteiger partial charge in [-0.15, -0.1) is 11.8 Å². The molecule has 0 amide bonds. The largest absolute Gasteiger partial charge is 0.458 e. The van der Waals surface area contributed by atoms with Crippen LogP contribution in [0.5, 0.6) is 0 Å². The summed E-state index contributed by atoms with van der Waals surface area (Å²) in [7, 11) is 0. The molecule has 2 aromatic rings. The summed E-state index contributed by atoms with van der Waals surface area (Å²) in [4.78, 5) is 35.9. The van der Waals surface area contributed by atoms with Crippen LogP contribution in [-0.2, 0) is 34.2 Å². The fourth-order valence-electron chi connectivity index (χ4n) is 3.72. The smallest absolute Gasteiger partial charge is 0.303 e. The van der Waals surface area contributed by atoms with Crippen LogP contribution < -0.4 is 0 Å². The first-order valence-corrected chi connectivity index (χ1v) is 10.6. The summed E-state index contributed by atoms with van der Waals surface area (Å²) in [5, 5.41) is 1.76. The van der Waals surface area contributed by atoms with Crippen LogP contribution >= 0.6 is 24.4 Å². The summed E-state index contributed by atoms with van der Waals surface area (Å²) >= 11 is 6.09. The predicted molar refractivity (Wildman–Crippen MR) is 114 cm³/mol. The van der Waals surface area contributed by atoms with E-state index in [0.717, 1.165) is 10.8 Å². The number of ether oxygens (including phenoxy) is 3. The van der Waals surface area contributed by atoms with Crippen molar-refractivity contribution in [3.8, 4) is 0 Å². The summed E-state index contributed by atoms with van der Waals surface area (Å²) in [5.74, 6) is -1.30. The number of benzene rings is 2. The van der Waals surface area contributed by atoms with Gasteiger partial charge in [0, 0.05) is 32.1 Å². The van der Waals surface area contributed by atoms with Crippen molar-refractivity contribution in [2.45, 2.75) is 43.2 Å². The van der Waals surface area contributed by atoms with Gasteiger partial charge >= 0.3 is 17.9 Å². The van der Waals surface area contributed by atoms with Gasteiger partial charge < -0.3 is 14.2 Å². The minimum absolute atomic E-state index is 0.347. The van der Waals surface area contributed by atoms with Gasteiger partial charge in [0.05, 0.1) is 4.58 Å². The fraction of sp³-hybridized carbons (Fsp3) is 0.381. The number of hydrogen-bond acceptors (Lipinski definition) is 8. The third-order valence-corrected chi connectivity index (χ3v) is 6.70. The van der Waals surface area contributed by atoms with Gasteiger partial charge in [0.15, 0.2) is 17.8 Å². The lowest BCUT2D eigenvalue weighted by Gasteiger charge is -2.48. The van der Waals surface area contributed by atoms with E-state index < -0.39 is 40.3 Å². The van der Waals surface area contributed by atoms with Crippen LogP contribution in [0.3, 0.4) is 0 Å². The van der Waals surface area contributed by atoms with Gasteiger partial charge in [-0.05, 0) is 10.8 Å². The quantitative estimate of drug-likeness (QED) is 0.448. The second-order valence-corrected chi connectivity index (χ2v) is 8.78. The highest BCUT2D eigenvalue weighted by atomic mass is 32.2. The molecule has 0 bridgehead atoms. The molecule has 0 unspecified atom stereocenters. The van der Waals surface area contributed by atoms with Gasteiger partial charge in [-0.1, -0.05) is 42.5 Å². The molecule has 0 aromatic heterocycles. The Kier molecular flexibility index (Phi) is 6.43. The topological polar surface area (TPSA) is 78.9 Å². The normalized spacial score (nSPS) is 26.6. The summed E-state index contributed by atoms with van der Waals surface area (Å²) < 4.78 is 16.4.